The molecule has 8 heteroatoms. The summed E-state index contributed by atoms with van der Waals surface area (Å²) in [6, 6.07) is 11.4. The van der Waals surface area contributed by atoms with Gasteiger partial charge in [0, 0.05) is 30.7 Å². The van der Waals surface area contributed by atoms with Crippen molar-refractivity contribution < 1.29 is 14.0 Å². The van der Waals surface area contributed by atoms with Crippen LogP contribution in [0.1, 0.15) is 10.4 Å². The zero-order valence-electron chi connectivity index (χ0n) is 14.4. The smallest absolute Gasteiger partial charge is 0.256 e. The van der Waals surface area contributed by atoms with Crippen molar-refractivity contribution in [1.29, 1.82) is 0 Å². The van der Waals surface area contributed by atoms with Crippen LogP contribution in [0.25, 0.3) is 0 Å². The molecule has 3 rings (SSSR count). The molecule has 142 valence electrons. The Morgan fingerprint density at radius 3 is 2.52 bits per heavy atom. The number of piperazine rings is 1. The topological polar surface area (TPSA) is 52.7 Å². The van der Waals surface area contributed by atoms with Crippen molar-refractivity contribution in [2.75, 3.05) is 38.0 Å². The fourth-order valence-electron chi connectivity index (χ4n) is 2.90. The van der Waals surface area contributed by atoms with Gasteiger partial charge in [-0.15, -0.1) is 0 Å². The molecule has 2 aromatic carbocycles. The summed E-state index contributed by atoms with van der Waals surface area (Å²) in [4.78, 5) is 28.3. The zero-order valence-corrected chi connectivity index (χ0v) is 16.8. The monoisotopic (exact) mass is 453 g/mol. The largest absolute Gasteiger partial charge is 0.336 e. The molecule has 0 unspecified atom stereocenters. The predicted molar refractivity (Wildman–Crippen MR) is 107 cm³/mol. The number of carbonyl (C=O) groups is 2. The molecule has 0 aromatic heterocycles. The van der Waals surface area contributed by atoms with Crippen LogP contribution >= 0.6 is 27.5 Å². The fourth-order valence-corrected chi connectivity index (χ4v) is 3.44. The molecule has 1 N–H and O–H groups in total. The molecule has 0 atom stereocenters. The molecular formula is C19H18BrClFN3O2. The number of nitrogens with zero attached hydrogens (tertiary/aromatic N) is 2. The van der Waals surface area contributed by atoms with Gasteiger partial charge in [-0.1, -0.05) is 39.7 Å². The average molecular weight is 455 g/mol. The molecule has 1 heterocycles. The van der Waals surface area contributed by atoms with Crippen molar-refractivity contribution in [1.82, 2.24) is 9.80 Å². The molecule has 1 saturated heterocycles. The van der Waals surface area contributed by atoms with Gasteiger partial charge >= 0.3 is 0 Å². The lowest BCUT2D eigenvalue weighted by molar-refractivity contribution is -0.117. The van der Waals surface area contributed by atoms with Crippen LogP contribution in [0.2, 0.25) is 5.02 Å². The molecule has 0 spiro atoms. The molecule has 2 aromatic rings. The van der Waals surface area contributed by atoms with Crippen LogP contribution in [-0.4, -0.2) is 54.3 Å². The van der Waals surface area contributed by atoms with E-state index in [0.29, 0.717) is 41.4 Å². The fraction of sp³-hybridized carbons (Fsp3) is 0.263. The van der Waals surface area contributed by atoms with Crippen molar-refractivity contribution in [3.8, 4) is 0 Å². The molecule has 0 bridgehead atoms. The molecule has 27 heavy (non-hydrogen) atoms. The minimum atomic E-state index is -0.537. The molecular weight excluding hydrogens is 437 g/mol. The predicted octanol–water partition coefficient (Wildman–Crippen LogP) is 3.64. The minimum absolute atomic E-state index is 0.0503. The van der Waals surface area contributed by atoms with Crippen LogP contribution in [0.15, 0.2) is 46.9 Å². The van der Waals surface area contributed by atoms with Crippen molar-refractivity contribution in [3.63, 3.8) is 0 Å². The number of benzene rings is 2. The Kier molecular flexibility index (Phi) is 6.46. The number of hydrogen-bond donors (Lipinski definition) is 1. The van der Waals surface area contributed by atoms with Gasteiger partial charge in [0.05, 0.1) is 22.8 Å². The van der Waals surface area contributed by atoms with Gasteiger partial charge in [0.25, 0.3) is 5.91 Å². The van der Waals surface area contributed by atoms with E-state index in [1.165, 1.54) is 12.1 Å². The van der Waals surface area contributed by atoms with Gasteiger partial charge in [-0.25, -0.2) is 4.39 Å². The van der Waals surface area contributed by atoms with E-state index in [4.69, 9.17) is 11.6 Å². The maximum atomic E-state index is 13.9. The third kappa shape index (κ3) is 5.06. The average Bonchev–Trinajstić information content (AvgIpc) is 2.65. The van der Waals surface area contributed by atoms with Gasteiger partial charge < -0.3 is 10.2 Å². The van der Waals surface area contributed by atoms with Gasteiger partial charge in [-0.3, -0.25) is 14.5 Å². The van der Waals surface area contributed by atoms with Crippen LogP contribution < -0.4 is 5.32 Å². The van der Waals surface area contributed by atoms with E-state index in [1.807, 2.05) is 4.90 Å². The molecule has 5 nitrogen and oxygen atoms in total. The molecule has 2 amide bonds. The number of halogens is 3. The van der Waals surface area contributed by atoms with E-state index in [9.17, 15) is 14.0 Å². The molecule has 0 radical (unpaired) electrons. The summed E-state index contributed by atoms with van der Waals surface area (Å²) in [7, 11) is 0. The first-order chi connectivity index (χ1) is 12.9. The second-order valence-electron chi connectivity index (χ2n) is 6.22. The Hall–Kier alpha value is -1.96. The molecule has 0 aliphatic carbocycles. The van der Waals surface area contributed by atoms with Crippen LogP contribution in [0.5, 0.6) is 0 Å². The van der Waals surface area contributed by atoms with Gasteiger partial charge in [-0.05, 0) is 30.3 Å². The number of hydrogen-bond acceptors (Lipinski definition) is 3. The van der Waals surface area contributed by atoms with Crippen LogP contribution in [0.3, 0.4) is 0 Å². The summed E-state index contributed by atoms with van der Waals surface area (Å²) < 4.78 is 14.6. The standard InChI is InChI=1S/C19H18BrClFN3O2/c20-13-5-6-16(22)14(11-13)19(27)25-9-7-24(8-10-25)12-18(26)23-17-4-2-1-3-15(17)21/h1-6,11H,7-10,12H2,(H,23,26). The van der Waals surface area contributed by atoms with E-state index in [0.717, 1.165) is 0 Å². The van der Waals surface area contributed by atoms with Gasteiger partial charge in [-0.2, -0.15) is 0 Å². The third-order valence-corrected chi connectivity index (χ3v) is 5.16. The maximum Gasteiger partial charge on any atom is 0.256 e. The maximum absolute atomic E-state index is 13.9. The Morgan fingerprint density at radius 1 is 1.11 bits per heavy atom. The molecule has 1 aliphatic rings. The summed E-state index contributed by atoms with van der Waals surface area (Å²) >= 11 is 9.30. The van der Waals surface area contributed by atoms with E-state index in [1.54, 1.807) is 35.2 Å². The summed E-state index contributed by atoms with van der Waals surface area (Å²) in [6.45, 7) is 2.15. The Morgan fingerprint density at radius 2 is 1.81 bits per heavy atom. The number of para-hydroxylation sites is 1. The van der Waals surface area contributed by atoms with Crippen molar-refractivity contribution in [2.24, 2.45) is 0 Å². The highest BCUT2D eigenvalue weighted by molar-refractivity contribution is 9.10. The van der Waals surface area contributed by atoms with Crippen molar-refractivity contribution in [2.45, 2.75) is 0 Å². The number of anilines is 1. The van der Waals surface area contributed by atoms with E-state index in [-0.39, 0.29) is 23.9 Å². The van der Waals surface area contributed by atoms with E-state index < -0.39 is 5.82 Å². The molecule has 1 aliphatic heterocycles. The SMILES string of the molecule is O=C(CN1CCN(C(=O)c2cc(Br)ccc2F)CC1)Nc1ccccc1Cl. The number of carbonyl (C=O) groups excluding carboxylic acids is 2. The molecule has 1 fully saturated rings. The summed E-state index contributed by atoms with van der Waals surface area (Å²) in [5, 5.41) is 3.27. The number of amides is 2. The summed E-state index contributed by atoms with van der Waals surface area (Å²) in [6.07, 6.45) is 0. The highest BCUT2D eigenvalue weighted by Gasteiger charge is 2.25. The second-order valence-corrected chi connectivity index (χ2v) is 7.54. The Labute approximate surface area is 170 Å². The van der Waals surface area contributed by atoms with Crippen molar-refractivity contribution in [3.05, 3.63) is 63.3 Å². The summed E-state index contributed by atoms with van der Waals surface area (Å²) in [5.74, 6) is -1.04. The third-order valence-electron chi connectivity index (χ3n) is 4.33. The van der Waals surface area contributed by atoms with Crippen molar-refractivity contribution >= 4 is 45.0 Å². The lowest BCUT2D eigenvalue weighted by atomic mass is 10.1. The first kappa shape index (κ1) is 19.8. The molecule has 0 saturated carbocycles. The zero-order chi connectivity index (χ0) is 19.4. The first-order valence-electron chi connectivity index (χ1n) is 8.45. The van der Waals surface area contributed by atoms with E-state index >= 15 is 0 Å². The quantitative estimate of drug-likeness (QED) is 0.767. The number of nitrogens with one attached hydrogen (secondary N) is 1. The highest BCUT2D eigenvalue weighted by Crippen LogP contribution is 2.21. The van der Waals surface area contributed by atoms with Gasteiger partial charge in [0.2, 0.25) is 5.91 Å². The van der Waals surface area contributed by atoms with E-state index in [2.05, 4.69) is 21.2 Å². The normalized spacial score (nSPS) is 14.9. The second kappa shape index (κ2) is 8.82. The first-order valence-corrected chi connectivity index (χ1v) is 9.62. The Balaban J connectivity index is 1.53. The lowest BCUT2D eigenvalue weighted by Gasteiger charge is -2.34. The summed E-state index contributed by atoms with van der Waals surface area (Å²) in [5.41, 5.74) is 0.623. The lowest BCUT2D eigenvalue weighted by Crippen LogP contribution is -2.50. The minimum Gasteiger partial charge on any atom is -0.336 e. The van der Waals surface area contributed by atoms with Crippen LogP contribution in [0.4, 0.5) is 10.1 Å². The number of rotatable bonds is 4. The Bertz CT molecular complexity index is 857. The van der Waals surface area contributed by atoms with Crippen LogP contribution in [-0.2, 0) is 4.79 Å². The van der Waals surface area contributed by atoms with Gasteiger partial charge in [0.15, 0.2) is 0 Å². The van der Waals surface area contributed by atoms with Crippen LogP contribution in [0, 0.1) is 5.82 Å². The van der Waals surface area contributed by atoms with Gasteiger partial charge in [0.1, 0.15) is 5.82 Å². The highest BCUT2D eigenvalue weighted by atomic mass is 79.9.